The summed E-state index contributed by atoms with van der Waals surface area (Å²) in [6.07, 6.45) is 0. The summed E-state index contributed by atoms with van der Waals surface area (Å²) >= 11 is 0. The summed E-state index contributed by atoms with van der Waals surface area (Å²) in [6, 6.07) is 0. The van der Waals surface area contributed by atoms with E-state index in [0.717, 1.165) is 5.57 Å². The van der Waals surface area contributed by atoms with E-state index in [0.29, 0.717) is 0 Å². The third kappa shape index (κ3) is 13.7. The van der Waals surface area contributed by atoms with Crippen LogP contribution in [-0.2, 0) is 21.8 Å². The molecule has 0 aromatic rings. The molecule has 0 bridgehead atoms. The van der Waals surface area contributed by atoms with Crippen LogP contribution < -0.4 is 5.11 Å². The predicted molar refractivity (Wildman–Crippen MR) is 53.4 cm³/mol. The molecule has 0 amide bonds. The summed E-state index contributed by atoms with van der Waals surface area (Å²) in [5.41, 5.74) is 3.53. The summed E-state index contributed by atoms with van der Waals surface area (Å²) in [4.78, 5) is 0. The fourth-order valence-corrected chi connectivity index (χ4v) is 0.392. The molecule has 3 nitrogen and oxygen atoms in total. The third-order valence-corrected chi connectivity index (χ3v) is 1.60. The molecule has 0 saturated carbocycles. The van der Waals surface area contributed by atoms with Crippen molar-refractivity contribution in [3.8, 4) is 0 Å². The Balaban J connectivity index is -0.000000142. The smallest absolute Gasteiger partial charge is 0.611 e. The molecule has 0 rings (SSSR count). The number of allylic oxidation sites excluding steroid dienone is 1. The minimum atomic E-state index is -0.405. The molecule has 0 aliphatic heterocycles. The fourth-order valence-electron chi connectivity index (χ4n) is 0.392. The number of rotatable bonds is 1. The Labute approximate surface area is 115 Å². The Kier molecular flexibility index (Phi) is 19.0. The van der Waals surface area contributed by atoms with Gasteiger partial charge in [-0.2, -0.15) is 0 Å². The Bertz CT molecular complexity index is 238. The van der Waals surface area contributed by atoms with E-state index in [1.54, 1.807) is 0 Å². The Morgan fingerprint density at radius 2 is 1.67 bits per heavy atom. The van der Waals surface area contributed by atoms with Gasteiger partial charge in [-0.05, 0) is 25.0 Å². The molecule has 0 aliphatic carbocycles. The van der Waals surface area contributed by atoms with Crippen LogP contribution in [0.25, 0.3) is 0 Å². The van der Waals surface area contributed by atoms with E-state index < -0.39 is 5.95 Å². The van der Waals surface area contributed by atoms with Crippen LogP contribution in [0.2, 0.25) is 0 Å². The molecule has 0 spiro atoms. The molecule has 0 heterocycles. The summed E-state index contributed by atoms with van der Waals surface area (Å²) in [5, 5.41) is 17.0. The second kappa shape index (κ2) is 11.8. The van der Waals surface area contributed by atoms with Crippen LogP contribution in [0.4, 0.5) is 0 Å². The van der Waals surface area contributed by atoms with E-state index in [9.17, 15) is 5.11 Å². The van der Waals surface area contributed by atoms with Gasteiger partial charge < -0.3 is 21.7 Å². The molecule has 0 aliphatic rings. The first kappa shape index (κ1) is 24.1. The van der Waals surface area contributed by atoms with E-state index in [4.69, 9.17) is 11.8 Å². The van der Waals surface area contributed by atoms with Crippen LogP contribution in [0.3, 0.4) is 0 Å². The van der Waals surface area contributed by atoms with Crippen molar-refractivity contribution < 1.29 is 26.9 Å². The first-order valence-corrected chi connectivity index (χ1v) is 3.79. The minimum Gasteiger partial charge on any atom is -0.611 e. The van der Waals surface area contributed by atoms with Gasteiger partial charge in [0.1, 0.15) is 0 Å². The average Bonchev–Trinajstić information content (AvgIpc) is 2.06. The monoisotopic (exact) mass is 251 g/mol. The van der Waals surface area contributed by atoms with Crippen LogP contribution in [0.1, 0.15) is 27.7 Å². The zero-order chi connectivity index (χ0) is 11.1. The van der Waals surface area contributed by atoms with Crippen LogP contribution in [0.5, 0.6) is 0 Å². The minimum absolute atomic E-state index is 0. The van der Waals surface area contributed by atoms with Gasteiger partial charge in [0.05, 0.1) is 5.95 Å². The van der Waals surface area contributed by atoms with E-state index in [-0.39, 0.29) is 41.3 Å². The van der Waals surface area contributed by atoms with Crippen LogP contribution in [0, 0.1) is 17.2 Å². The number of methoxy groups -OCH3 is 1. The van der Waals surface area contributed by atoms with Gasteiger partial charge in [-0.15, -0.1) is 0 Å². The van der Waals surface area contributed by atoms with Crippen LogP contribution in [-0.4, -0.2) is 26.0 Å². The third-order valence-electron chi connectivity index (χ3n) is 1.60. The maximum atomic E-state index is 10.7. The van der Waals surface area contributed by atoms with Crippen LogP contribution in [0.15, 0.2) is 17.2 Å². The molecule has 2 radical (unpaired) electrons. The molecular weight excluding hydrogens is 237 g/mol. The number of nitrogens with zero attached hydrogens (tertiary/aromatic N) is 1. The Morgan fingerprint density at radius 1 is 1.33 bits per heavy atom. The zero-order valence-electron chi connectivity index (χ0n) is 10.1. The van der Waals surface area contributed by atoms with Gasteiger partial charge in [0.2, 0.25) is 0 Å². The molecule has 84 valence electrons. The Morgan fingerprint density at radius 3 is 1.87 bits per heavy atom. The van der Waals surface area contributed by atoms with Crippen molar-refractivity contribution in [1.82, 2.24) is 0 Å². The normalized spacial score (nSPS) is 7.67. The first-order valence-electron chi connectivity index (χ1n) is 3.79. The maximum Gasteiger partial charge on any atom is 2.00 e. The van der Waals surface area contributed by atoms with Gasteiger partial charge in [-0.1, -0.05) is 26.5 Å². The van der Waals surface area contributed by atoms with Crippen molar-refractivity contribution in [2.45, 2.75) is 27.7 Å². The molecule has 0 fully saturated rings. The summed E-state index contributed by atoms with van der Waals surface area (Å²) < 4.78 is 4.45. The van der Waals surface area contributed by atoms with Crippen molar-refractivity contribution in [2.24, 2.45) is 5.41 Å². The second-order valence-corrected chi connectivity index (χ2v) is 3.49. The van der Waals surface area contributed by atoms with Gasteiger partial charge in [0.25, 0.3) is 0 Å². The van der Waals surface area contributed by atoms with E-state index in [1.165, 1.54) is 7.11 Å². The van der Waals surface area contributed by atoms with Crippen LogP contribution >= 0.6 is 0 Å². The number of hydrogen-bond acceptors (Lipinski definition) is 3. The van der Waals surface area contributed by atoms with E-state index in [1.807, 2.05) is 27.7 Å². The second-order valence-electron chi connectivity index (χ2n) is 3.49. The quantitative estimate of drug-likeness (QED) is 0.304. The molecule has 0 aromatic heterocycles. The van der Waals surface area contributed by atoms with Gasteiger partial charge in [-0.25, -0.2) is 0 Å². The maximum absolute atomic E-state index is 10.7. The first-order chi connectivity index (χ1) is 5.88. The molecule has 0 unspecified atom stereocenters. The molecular formula is C10H15CuLiNO2. The van der Waals surface area contributed by atoms with Crippen molar-refractivity contribution in [1.29, 1.82) is 5.26 Å². The zero-order valence-corrected chi connectivity index (χ0v) is 11.0. The van der Waals surface area contributed by atoms with Crippen molar-refractivity contribution in [3.63, 3.8) is 0 Å². The summed E-state index contributed by atoms with van der Waals surface area (Å²) in [7, 11) is 1.35. The SMILES string of the molecule is COC([O-])=C=C(C)C(C)(C)C.[C-]#N.[Cu+2].[Li]. The van der Waals surface area contributed by atoms with Crippen molar-refractivity contribution in [3.05, 3.63) is 23.8 Å². The molecule has 0 atom stereocenters. The van der Waals surface area contributed by atoms with Gasteiger partial charge >= 0.3 is 17.1 Å². The molecule has 15 heavy (non-hydrogen) atoms. The van der Waals surface area contributed by atoms with Crippen molar-refractivity contribution >= 4 is 18.9 Å². The van der Waals surface area contributed by atoms with Gasteiger partial charge in [0, 0.05) is 18.9 Å². The molecule has 0 aromatic carbocycles. The molecule has 5 heteroatoms. The van der Waals surface area contributed by atoms with Gasteiger partial charge in [-0.3, -0.25) is 0 Å². The van der Waals surface area contributed by atoms with Gasteiger partial charge in [0.15, 0.2) is 0 Å². The van der Waals surface area contributed by atoms with E-state index in [2.05, 4.69) is 10.5 Å². The summed E-state index contributed by atoms with van der Waals surface area (Å²) in [5.74, 6) is -0.405. The predicted octanol–water partition coefficient (Wildman–Crippen LogP) is 1.14. The largest absolute Gasteiger partial charge is 2.00 e. The number of ether oxygens (including phenoxy) is 1. The van der Waals surface area contributed by atoms with E-state index >= 15 is 0 Å². The average molecular weight is 252 g/mol. The topological polar surface area (TPSA) is 56.1 Å². The standard InChI is InChI=1S/C9H16O2.CN.Cu.Li/c1-7(9(2,3)4)6-8(10)11-5;1-2;;/h10H,1-5H3;;;/q;-1;+2;/p-1. The molecule has 0 saturated heterocycles. The fraction of sp³-hybridized carbons (Fsp3) is 0.600. The van der Waals surface area contributed by atoms with Crippen molar-refractivity contribution in [2.75, 3.05) is 7.11 Å². The summed E-state index contributed by atoms with van der Waals surface area (Å²) in [6.45, 7) is 12.7. The number of hydrogen-bond donors (Lipinski definition) is 0. The Hall–Kier alpha value is -0.273. The molecule has 0 N–H and O–H groups in total.